The molecule has 1 aromatic rings. The van der Waals surface area contributed by atoms with Crippen molar-refractivity contribution in [2.75, 3.05) is 4.57 Å². The van der Waals surface area contributed by atoms with Crippen LogP contribution in [0.4, 0.5) is 5.69 Å². The Hall–Kier alpha value is -1.12. The predicted octanol–water partition coefficient (Wildman–Crippen LogP) is 7.02. The third-order valence-corrected chi connectivity index (χ3v) is 11.6. The molecular formula is C29H57NO8Si5. The lowest BCUT2D eigenvalue weighted by atomic mass is 9.99. The summed E-state index contributed by atoms with van der Waals surface area (Å²) in [6, 6.07) is 7.43. The molecule has 1 aromatic carbocycles. The molecule has 1 amide bonds. The Kier molecular flexibility index (Phi) is 12.1. The van der Waals surface area contributed by atoms with Crippen molar-refractivity contribution < 1.29 is 36.8 Å². The highest BCUT2D eigenvalue weighted by atomic mass is 28.4. The van der Waals surface area contributed by atoms with E-state index in [-0.39, 0.29) is 5.91 Å². The Labute approximate surface area is 265 Å². The fraction of sp³-hybridized carbons (Fsp3) is 0.724. The fourth-order valence-electron chi connectivity index (χ4n) is 4.92. The second kappa shape index (κ2) is 13.7. The lowest BCUT2D eigenvalue weighted by Crippen LogP contribution is -2.68. The van der Waals surface area contributed by atoms with Crippen molar-refractivity contribution in [2.24, 2.45) is 0 Å². The zero-order chi connectivity index (χ0) is 33.3. The number of hydrogen-bond donors (Lipinski definition) is 0. The zero-order valence-corrected chi connectivity index (χ0v) is 34.4. The van der Waals surface area contributed by atoms with E-state index in [1.807, 2.05) is 48.5 Å². The van der Waals surface area contributed by atoms with Gasteiger partial charge in [0.25, 0.3) is 0 Å². The van der Waals surface area contributed by atoms with Crippen molar-refractivity contribution in [2.45, 2.75) is 136 Å². The molecule has 1 aliphatic heterocycles. The minimum Gasteiger partial charge on any atom is -0.518 e. The van der Waals surface area contributed by atoms with Crippen molar-refractivity contribution >= 4 is 59.1 Å². The van der Waals surface area contributed by atoms with E-state index in [2.05, 4.69) is 78.6 Å². The highest BCUT2D eigenvalue weighted by Gasteiger charge is 2.55. The maximum absolute atomic E-state index is 13.7. The highest BCUT2D eigenvalue weighted by Crippen LogP contribution is 2.36. The van der Waals surface area contributed by atoms with Crippen LogP contribution in [0.5, 0.6) is 5.75 Å². The first kappa shape index (κ1) is 38.1. The Bertz CT molecular complexity index is 1100. The average Bonchev–Trinajstić information content (AvgIpc) is 2.73. The largest absolute Gasteiger partial charge is 0.518 e. The molecule has 1 fully saturated rings. The number of rotatable bonds is 12. The first-order chi connectivity index (χ1) is 19.2. The summed E-state index contributed by atoms with van der Waals surface area (Å²) in [7, 11) is -10.8. The molecule has 0 saturated carbocycles. The van der Waals surface area contributed by atoms with Gasteiger partial charge in [-0.2, -0.15) is 0 Å². The van der Waals surface area contributed by atoms with Crippen molar-refractivity contribution in [1.29, 1.82) is 0 Å². The van der Waals surface area contributed by atoms with Crippen LogP contribution >= 0.6 is 0 Å². The van der Waals surface area contributed by atoms with Crippen LogP contribution in [-0.4, -0.2) is 84.1 Å². The average molecular weight is 688 g/mol. The standard InChI is InChI=1S/C29H57NO8Si5/c1-21(31)30(39(2,3)4)22-17-19-23(20-18-22)33-29-27(37-42(11,12)13)25(36-41(8,9)10)24(35-40(5,6)7)26(34-29)28(32)38-43(14,15)16/h17-20,24-27,29H,1-16H3. The molecule has 9 nitrogen and oxygen atoms in total. The molecule has 1 aliphatic rings. The summed E-state index contributed by atoms with van der Waals surface area (Å²) in [5.74, 6) is 0.0791. The van der Waals surface area contributed by atoms with Crippen LogP contribution in [0, 0.1) is 0 Å². The van der Waals surface area contributed by atoms with E-state index in [4.69, 9.17) is 27.2 Å². The molecule has 0 N–H and O–H groups in total. The first-order valence-electron chi connectivity index (χ1n) is 15.2. The number of amides is 1. The Morgan fingerprint density at radius 2 is 1.09 bits per heavy atom. The number of ether oxygens (including phenoxy) is 2. The smallest absolute Gasteiger partial charge is 0.324 e. The minimum atomic E-state index is -2.25. The summed E-state index contributed by atoms with van der Waals surface area (Å²) < 4.78 is 41.2. The molecule has 0 aliphatic carbocycles. The zero-order valence-electron chi connectivity index (χ0n) is 29.4. The van der Waals surface area contributed by atoms with Crippen molar-refractivity contribution in [3.63, 3.8) is 0 Å². The summed E-state index contributed by atoms with van der Waals surface area (Å²) in [6.07, 6.45) is -3.98. The lowest BCUT2D eigenvalue weighted by molar-refractivity contribution is -0.260. The summed E-state index contributed by atoms with van der Waals surface area (Å²) in [5.41, 5.74) is 0.818. The van der Waals surface area contributed by atoms with E-state index in [1.165, 1.54) is 0 Å². The van der Waals surface area contributed by atoms with Crippen LogP contribution in [0.2, 0.25) is 98.2 Å². The second-order valence-corrected chi connectivity index (χ2v) is 38.8. The van der Waals surface area contributed by atoms with Gasteiger partial charge in [-0.05, 0) is 103 Å². The normalized spacial score (nSPS) is 24.0. The van der Waals surface area contributed by atoms with Gasteiger partial charge in [-0.25, -0.2) is 0 Å². The number of nitrogens with zero attached hydrogens (tertiary/aromatic N) is 1. The molecule has 246 valence electrons. The van der Waals surface area contributed by atoms with Crippen LogP contribution in [0.15, 0.2) is 24.3 Å². The minimum absolute atomic E-state index is 0.00980. The molecule has 0 spiro atoms. The predicted molar refractivity (Wildman–Crippen MR) is 186 cm³/mol. The number of benzene rings is 1. The molecule has 2 rings (SSSR count). The van der Waals surface area contributed by atoms with Gasteiger partial charge in [0.1, 0.15) is 24.1 Å². The summed E-state index contributed by atoms with van der Waals surface area (Å²) in [4.78, 5) is 26.2. The van der Waals surface area contributed by atoms with Crippen LogP contribution in [0.1, 0.15) is 6.92 Å². The molecule has 1 saturated heterocycles. The monoisotopic (exact) mass is 687 g/mol. The molecular weight excluding hydrogens is 631 g/mol. The third kappa shape index (κ3) is 12.3. The van der Waals surface area contributed by atoms with Crippen molar-refractivity contribution in [3.8, 4) is 5.75 Å². The number of carbonyl (C=O) groups excluding carboxylic acids is 2. The van der Waals surface area contributed by atoms with Gasteiger partial charge >= 0.3 is 5.97 Å². The van der Waals surface area contributed by atoms with E-state index in [9.17, 15) is 9.59 Å². The molecule has 1 heterocycles. The molecule has 5 atom stereocenters. The van der Waals surface area contributed by atoms with E-state index in [0.29, 0.717) is 5.75 Å². The van der Waals surface area contributed by atoms with Gasteiger partial charge in [0.15, 0.2) is 39.3 Å². The van der Waals surface area contributed by atoms with Crippen LogP contribution in [0.3, 0.4) is 0 Å². The topological polar surface area (TPSA) is 92.8 Å². The van der Waals surface area contributed by atoms with Crippen LogP contribution in [-0.2, 0) is 32.0 Å². The maximum Gasteiger partial charge on any atom is 0.324 e. The van der Waals surface area contributed by atoms with Gasteiger partial charge in [0, 0.05) is 12.6 Å². The lowest BCUT2D eigenvalue weighted by Gasteiger charge is -2.49. The Morgan fingerprint density at radius 1 is 0.651 bits per heavy atom. The second-order valence-electron chi connectivity index (χ2n) is 16.2. The molecule has 5 unspecified atom stereocenters. The molecule has 0 aromatic heterocycles. The van der Waals surface area contributed by atoms with Gasteiger partial charge < -0.3 is 31.7 Å². The van der Waals surface area contributed by atoms with Gasteiger partial charge in [0.2, 0.25) is 20.5 Å². The van der Waals surface area contributed by atoms with Crippen molar-refractivity contribution in [3.05, 3.63) is 24.3 Å². The maximum atomic E-state index is 13.7. The van der Waals surface area contributed by atoms with Gasteiger partial charge in [-0.1, -0.05) is 19.6 Å². The van der Waals surface area contributed by atoms with E-state index in [0.717, 1.165) is 5.69 Å². The van der Waals surface area contributed by atoms with Gasteiger partial charge in [-0.15, -0.1) is 0 Å². The molecule has 0 bridgehead atoms. The van der Waals surface area contributed by atoms with Gasteiger partial charge in [-0.3, -0.25) is 9.59 Å². The Balaban J connectivity index is 2.63. The molecule has 0 radical (unpaired) electrons. The molecule has 14 heteroatoms. The third-order valence-electron chi connectivity index (χ3n) is 5.94. The number of hydrogen-bond acceptors (Lipinski definition) is 8. The SMILES string of the molecule is CC(=O)N(c1ccc(OC2OC(C(=O)O[Si](C)(C)C)C(O[Si](C)(C)C)C(O[Si](C)(C)C)C2O[Si](C)(C)C)cc1)[Si](C)(C)C. The van der Waals surface area contributed by atoms with E-state index >= 15 is 0 Å². The summed E-state index contributed by atoms with van der Waals surface area (Å²) in [5, 5.41) is 0. The summed E-state index contributed by atoms with van der Waals surface area (Å²) in [6.45, 7) is 32.8. The quantitative estimate of drug-likeness (QED) is 0.217. The number of carbonyl (C=O) groups is 2. The van der Waals surface area contributed by atoms with Gasteiger partial charge in [0.05, 0.1) is 0 Å². The van der Waals surface area contributed by atoms with Crippen molar-refractivity contribution in [1.82, 2.24) is 0 Å². The number of anilines is 1. The molecule has 43 heavy (non-hydrogen) atoms. The van der Waals surface area contributed by atoms with E-state index < -0.39 is 78.2 Å². The van der Waals surface area contributed by atoms with Crippen LogP contribution < -0.4 is 9.30 Å². The first-order valence-corrected chi connectivity index (χ1v) is 32.2. The summed E-state index contributed by atoms with van der Waals surface area (Å²) >= 11 is 0. The highest BCUT2D eigenvalue weighted by molar-refractivity contribution is 6.83. The van der Waals surface area contributed by atoms with E-state index in [1.54, 1.807) is 6.92 Å². The van der Waals surface area contributed by atoms with Crippen LogP contribution in [0.25, 0.3) is 0 Å². The Morgan fingerprint density at radius 3 is 1.49 bits per heavy atom. The fourth-order valence-corrected chi connectivity index (χ4v) is 10.7.